The van der Waals surface area contributed by atoms with Gasteiger partial charge in [-0.25, -0.2) is 0 Å². The first-order valence-corrected chi connectivity index (χ1v) is 12.3. The van der Waals surface area contributed by atoms with E-state index in [1.165, 1.54) is 17.8 Å². The summed E-state index contributed by atoms with van der Waals surface area (Å²) >= 11 is 10.0. The largest absolute Gasteiger partial charge is 0.488 e. The molecule has 0 saturated carbocycles. The quantitative estimate of drug-likeness (QED) is 0.207. The minimum Gasteiger partial charge on any atom is -0.488 e. The second-order valence-electron chi connectivity index (χ2n) is 8.21. The molecule has 0 atom stereocenters. The molecule has 0 fully saturated rings. The van der Waals surface area contributed by atoms with Gasteiger partial charge in [-0.1, -0.05) is 57.9 Å². The van der Waals surface area contributed by atoms with Crippen LogP contribution in [0.15, 0.2) is 71.5 Å². The lowest BCUT2D eigenvalue weighted by Crippen LogP contribution is -2.03. The maximum absolute atomic E-state index is 11.6. The van der Waals surface area contributed by atoms with Gasteiger partial charge in [-0.2, -0.15) is 5.26 Å². The van der Waals surface area contributed by atoms with Crippen LogP contribution in [0.3, 0.4) is 0 Å². The van der Waals surface area contributed by atoms with Crippen LogP contribution >= 0.6 is 27.5 Å². The molecular weight excluding hydrogens is 540 g/mol. The summed E-state index contributed by atoms with van der Waals surface area (Å²) in [7, 11) is 0. The van der Waals surface area contributed by atoms with Gasteiger partial charge < -0.3 is 9.47 Å². The van der Waals surface area contributed by atoms with Crippen molar-refractivity contribution in [1.29, 1.82) is 5.26 Å². The molecule has 7 heteroatoms. The number of hydrogen-bond acceptors (Lipinski definition) is 5. The summed E-state index contributed by atoms with van der Waals surface area (Å²) in [6.07, 6.45) is 3.77. The molecule has 4 rings (SSSR count). The fourth-order valence-corrected chi connectivity index (χ4v) is 4.45. The number of nitrogens with zero attached hydrogens (tertiary/aromatic N) is 2. The zero-order valence-corrected chi connectivity index (χ0v) is 22.1. The molecule has 36 heavy (non-hydrogen) atoms. The molecule has 0 amide bonds. The summed E-state index contributed by atoms with van der Waals surface area (Å²) in [5.41, 5.74) is 7.03. The van der Waals surface area contributed by atoms with Crippen LogP contribution in [0.25, 0.3) is 11.1 Å². The molecule has 0 bridgehead atoms. The van der Waals surface area contributed by atoms with E-state index < -0.39 is 0 Å². The van der Waals surface area contributed by atoms with E-state index in [-0.39, 0.29) is 6.61 Å². The topological polar surface area (TPSA) is 72.2 Å². The number of halogens is 2. The van der Waals surface area contributed by atoms with Crippen molar-refractivity contribution in [3.05, 3.63) is 110 Å². The molecule has 3 aromatic carbocycles. The first kappa shape index (κ1) is 25.4. The Labute approximate surface area is 223 Å². The predicted octanol–water partition coefficient (Wildman–Crippen LogP) is 7.62. The molecule has 180 valence electrons. The first-order valence-electron chi connectivity index (χ1n) is 11.1. The van der Waals surface area contributed by atoms with Gasteiger partial charge in [0.25, 0.3) is 0 Å². The Morgan fingerprint density at radius 1 is 0.972 bits per heavy atom. The average molecular weight is 562 g/mol. The van der Waals surface area contributed by atoms with E-state index in [9.17, 15) is 4.79 Å². The van der Waals surface area contributed by atoms with Gasteiger partial charge in [-0.05, 0) is 59.9 Å². The summed E-state index contributed by atoms with van der Waals surface area (Å²) < 4.78 is 13.0. The fraction of sp³-hybridized carbons (Fsp3) is 0.138. The van der Waals surface area contributed by atoms with E-state index >= 15 is 0 Å². The van der Waals surface area contributed by atoms with Crippen molar-refractivity contribution in [2.75, 3.05) is 0 Å². The van der Waals surface area contributed by atoms with Gasteiger partial charge in [0.1, 0.15) is 30.8 Å². The van der Waals surface area contributed by atoms with Gasteiger partial charge in [0.2, 0.25) is 0 Å². The Hall–Kier alpha value is -3.66. The number of aromatic nitrogens is 1. The second kappa shape index (κ2) is 11.4. The van der Waals surface area contributed by atoms with Gasteiger partial charge in [-0.3, -0.25) is 9.78 Å². The number of carbonyl (C=O) groups excluding carboxylic acids is 1. The molecule has 4 aromatic rings. The zero-order chi connectivity index (χ0) is 25.7. The van der Waals surface area contributed by atoms with E-state index in [1.54, 1.807) is 18.3 Å². The summed E-state index contributed by atoms with van der Waals surface area (Å²) in [6.45, 7) is 4.59. The molecule has 0 saturated heterocycles. The van der Waals surface area contributed by atoms with Crippen molar-refractivity contribution < 1.29 is 14.3 Å². The van der Waals surface area contributed by atoms with Crippen LogP contribution < -0.4 is 9.47 Å². The van der Waals surface area contributed by atoms with Gasteiger partial charge in [-0.15, -0.1) is 0 Å². The third-order valence-corrected chi connectivity index (χ3v) is 7.05. The SMILES string of the molecule is Cc1c(Br)cccc1-c1cccc(COc2cc(OCc3cncc(C#N)c3)c(C=O)cc2Cl)c1C. The van der Waals surface area contributed by atoms with E-state index in [0.29, 0.717) is 46.1 Å². The molecule has 0 aliphatic heterocycles. The number of rotatable bonds is 8. The number of aldehydes is 1. The van der Waals surface area contributed by atoms with E-state index in [1.807, 2.05) is 30.3 Å². The Balaban J connectivity index is 1.56. The highest BCUT2D eigenvalue weighted by molar-refractivity contribution is 9.10. The lowest BCUT2D eigenvalue weighted by molar-refractivity contribution is 0.111. The molecule has 0 N–H and O–H groups in total. The Morgan fingerprint density at radius 3 is 2.44 bits per heavy atom. The van der Waals surface area contributed by atoms with Crippen molar-refractivity contribution in [3.8, 4) is 28.7 Å². The van der Waals surface area contributed by atoms with Crippen LogP contribution in [0.4, 0.5) is 0 Å². The predicted molar refractivity (Wildman–Crippen MR) is 144 cm³/mol. The molecule has 5 nitrogen and oxygen atoms in total. The van der Waals surface area contributed by atoms with Crippen LogP contribution in [0.5, 0.6) is 11.5 Å². The zero-order valence-electron chi connectivity index (χ0n) is 19.7. The number of ether oxygens (including phenoxy) is 2. The normalized spacial score (nSPS) is 10.5. The lowest BCUT2D eigenvalue weighted by Gasteiger charge is -2.16. The summed E-state index contributed by atoms with van der Waals surface area (Å²) in [5.74, 6) is 0.742. The highest BCUT2D eigenvalue weighted by atomic mass is 79.9. The monoisotopic (exact) mass is 560 g/mol. The molecule has 1 heterocycles. The molecule has 0 unspecified atom stereocenters. The van der Waals surface area contributed by atoms with Crippen molar-refractivity contribution in [2.45, 2.75) is 27.1 Å². The molecule has 0 radical (unpaired) electrons. The molecular formula is C29H22BrClN2O3. The number of pyridine rings is 1. The molecule has 0 spiro atoms. The first-order chi connectivity index (χ1) is 17.4. The molecule has 0 aliphatic rings. The van der Waals surface area contributed by atoms with Gasteiger partial charge in [0.15, 0.2) is 6.29 Å². The third-order valence-electron chi connectivity index (χ3n) is 5.90. The van der Waals surface area contributed by atoms with E-state index in [4.69, 9.17) is 26.3 Å². The van der Waals surface area contributed by atoms with Crippen LogP contribution in [0.1, 0.15) is 38.2 Å². The van der Waals surface area contributed by atoms with E-state index in [0.717, 1.165) is 26.7 Å². The standard InChI is InChI=1S/C29H22BrClN2O3/c1-18-22(5-3-6-24(18)25-7-4-8-26(30)19(25)2)17-36-29-11-28(23(15-34)10-27(29)31)35-16-21-9-20(12-32)13-33-14-21/h3-11,13-15H,16-17H2,1-2H3. The highest BCUT2D eigenvalue weighted by Crippen LogP contribution is 2.35. The van der Waals surface area contributed by atoms with Crippen LogP contribution in [0.2, 0.25) is 5.02 Å². The Morgan fingerprint density at radius 2 is 1.69 bits per heavy atom. The fourth-order valence-electron chi connectivity index (χ4n) is 3.85. The van der Waals surface area contributed by atoms with Gasteiger partial charge >= 0.3 is 0 Å². The minimum absolute atomic E-state index is 0.136. The maximum Gasteiger partial charge on any atom is 0.153 e. The summed E-state index contributed by atoms with van der Waals surface area (Å²) in [4.78, 5) is 15.6. The number of hydrogen-bond donors (Lipinski definition) is 0. The van der Waals surface area contributed by atoms with Crippen molar-refractivity contribution in [3.63, 3.8) is 0 Å². The second-order valence-corrected chi connectivity index (χ2v) is 9.47. The van der Waals surface area contributed by atoms with Crippen molar-refractivity contribution in [1.82, 2.24) is 4.98 Å². The van der Waals surface area contributed by atoms with Gasteiger partial charge in [0.05, 0.1) is 16.1 Å². The number of carbonyl (C=O) groups is 1. The van der Waals surface area contributed by atoms with Crippen molar-refractivity contribution >= 4 is 33.8 Å². The lowest BCUT2D eigenvalue weighted by atomic mass is 9.94. The number of benzene rings is 3. The molecule has 0 aliphatic carbocycles. The third kappa shape index (κ3) is 5.59. The smallest absolute Gasteiger partial charge is 0.153 e. The van der Waals surface area contributed by atoms with Crippen molar-refractivity contribution in [2.24, 2.45) is 0 Å². The molecule has 1 aromatic heterocycles. The Bertz CT molecular complexity index is 1480. The average Bonchev–Trinajstić information content (AvgIpc) is 2.89. The Kier molecular flexibility index (Phi) is 8.04. The number of nitriles is 1. The summed E-state index contributed by atoms with van der Waals surface area (Å²) in [5, 5.41) is 9.38. The highest BCUT2D eigenvalue weighted by Gasteiger charge is 2.14. The van der Waals surface area contributed by atoms with Crippen LogP contribution in [0, 0.1) is 25.2 Å². The maximum atomic E-state index is 11.6. The van der Waals surface area contributed by atoms with E-state index in [2.05, 4.69) is 46.9 Å². The van der Waals surface area contributed by atoms with Crippen LogP contribution in [-0.2, 0) is 13.2 Å². The minimum atomic E-state index is 0.136. The summed E-state index contributed by atoms with van der Waals surface area (Å²) in [6, 6.07) is 19.2. The van der Waals surface area contributed by atoms with Gasteiger partial charge in [0, 0.05) is 28.5 Å². The van der Waals surface area contributed by atoms with Crippen LogP contribution in [-0.4, -0.2) is 11.3 Å².